The number of aliphatic carboxylic acids is 2. The lowest BCUT2D eigenvalue weighted by atomic mass is 10.0. The number of nitrogens with two attached hydrogens (primary N) is 1. The summed E-state index contributed by atoms with van der Waals surface area (Å²) in [5.74, 6) is -2.38. The first-order chi connectivity index (χ1) is 9.79. The van der Waals surface area contributed by atoms with Crippen molar-refractivity contribution < 1.29 is 29.5 Å². The molecule has 9 nitrogen and oxygen atoms in total. The monoisotopic (exact) mass is 334 g/mol. The van der Waals surface area contributed by atoms with Crippen molar-refractivity contribution in [3.8, 4) is 5.75 Å². The Morgan fingerprint density at radius 1 is 1.36 bits per heavy atom. The van der Waals surface area contributed by atoms with Crippen LogP contribution in [0.5, 0.6) is 5.75 Å². The van der Waals surface area contributed by atoms with Gasteiger partial charge in [0.15, 0.2) is 6.61 Å². The second-order valence-electron chi connectivity index (χ2n) is 4.26. The molecule has 0 radical (unpaired) electrons. The van der Waals surface area contributed by atoms with E-state index >= 15 is 0 Å². The topological polar surface area (TPSA) is 153 Å². The van der Waals surface area contributed by atoms with Crippen LogP contribution in [-0.2, 0) is 22.6 Å². The molecule has 0 aliphatic rings. The van der Waals surface area contributed by atoms with E-state index in [-0.39, 0.29) is 30.1 Å². The number of halogens is 1. The number of benzene rings is 1. The highest BCUT2D eigenvalue weighted by Gasteiger charge is 2.16. The largest absolute Gasteiger partial charge is 0.481 e. The Hall–Kier alpha value is -2.39. The van der Waals surface area contributed by atoms with Gasteiger partial charge in [0.05, 0.1) is 5.56 Å². The lowest BCUT2D eigenvalue weighted by Gasteiger charge is -2.11. The number of rotatable bonds is 8. The normalized spacial score (nSPS) is 11.1. The third kappa shape index (κ3) is 6.37. The van der Waals surface area contributed by atoms with Crippen molar-refractivity contribution in [3.05, 3.63) is 39.4 Å². The summed E-state index contributed by atoms with van der Waals surface area (Å²) in [6, 6.07) is 3.13. The first kappa shape index (κ1) is 19.6. The molecule has 1 aromatic carbocycles. The third-order valence-corrected chi connectivity index (χ3v) is 2.55. The number of carboxylic acid groups (broad SMARTS) is 2. The molecule has 0 saturated carbocycles. The maximum atomic E-state index is 10.7. The van der Waals surface area contributed by atoms with E-state index in [1.807, 2.05) is 0 Å². The van der Waals surface area contributed by atoms with Crippen molar-refractivity contribution in [2.24, 2.45) is 5.73 Å². The summed E-state index contributed by atoms with van der Waals surface area (Å²) in [6.07, 6.45) is -0.00247. The first-order valence-electron chi connectivity index (χ1n) is 5.86. The fourth-order valence-electron chi connectivity index (χ4n) is 1.61. The Bertz CT molecular complexity index is 564. The zero-order chi connectivity index (χ0) is 16.0. The predicted molar refractivity (Wildman–Crippen MR) is 76.8 cm³/mol. The van der Waals surface area contributed by atoms with Crippen LogP contribution in [0.3, 0.4) is 0 Å². The van der Waals surface area contributed by atoms with Crippen LogP contribution in [0, 0.1) is 10.1 Å². The van der Waals surface area contributed by atoms with Gasteiger partial charge in [-0.25, -0.2) is 4.79 Å². The predicted octanol–water partition coefficient (Wildman–Crippen LogP) is 0.303. The van der Waals surface area contributed by atoms with Crippen LogP contribution in [0.15, 0.2) is 18.2 Å². The molecule has 122 valence electrons. The molecule has 0 saturated heterocycles. The highest BCUT2D eigenvalue weighted by molar-refractivity contribution is 5.85. The van der Waals surface area contributed by atoms with Gasteiger partial charge in [-0.3, -0.25) is 14.9 Å². The summed E-state index contributed by atoms with van der Waals surface area (Å²) in [5.41, 5.74) is 6.08. The van der Waals surface area contributed by atoms with Crippen molar-refractivity contribution in [2.75, 3.05) is 6.61 Å². The van der Waals surface area contributed by atoms with E-state index < -0.39 is 36.1 Å². The Balaban J connectivity index is 0.00000441. The maximum Gasteiger partial charge on any atom is 0.341 e. The quantitative estimate of drug-likeness (QED) is 0.453. The average molecular weight is 335 g/mol. The zero-order valence-corrected chi connectivity index (χ0v) is 12.1. The number of carbonyl (C=O) groups is 2. The van der Waals surface area contributed by atoms with Crippen molar-refractivity contribution >= 4 is 24.3 Å². The van der Waals surface area contributed by atoms with Crippen LogP contribution in [0.4, 0.5) is 0 Å². The molecule has 1 aromatic rings. The Labute approximate surface area is 131 Å². The number of hydrogen-bond donors (Lipinski definition) is 3. The van der Waals surface area contributed by atoms with Gasteiger partial charge in [0.2, 0.25) is 6.54 Å². The Morgan fingerprint density at radius 3 is 2.50 bits per heavy atom. The maximum absolute atomic E-state index is 10.7. The van der Waals surface area contributed by atoms with Gasteiger partial charge in [0, 0.05) is 4.92 Å². The first-order valence-corrected chi connectivity index (χ1v) is 5.86. The molecule has 10 heteroatoms. The average Bonchev–Trinajstić information content (AvgIpc) is 2.37. The van der Waals surface area contributed by atoms with E-state index in [1.165, 1.54) is 18.2 Å². The molecule has 0 unspecified atom stereocenters. The summed E-state index contributed by atoms with van der Waals surface area (Å²) >= 11 is 0. The van der Waals surface area contributed by atoms with Crippen molar-refractivity contribution in [1.29, 1.82) is 0 Å². The molecule has 1 atom stereocenters. The molecule has 0 aliphatic carbocycles. The van der Waals surface area contributed by atoms with Crippen LogP contribution in [0.25, 0.3) is 0 Å². The summed E-state index contributed by atoms with van der Waals surface area (Å²) in [4.78, 5) is 31.2. The van der Waals surface area contributed by atoms with E-state index in [4.69, 9.17) is 20.7 Å². The minimum atomic E-state index is -1.23. The van der Waals surface area contributed by atoms with Gasteiger partial charge >= 0.3 is 11.9 Å². The van der Waals surface area contributed by atoms with E-state index in [0.29, 0.717) is 5.56 Å². The van der Waals surface area contributed by atoms with Crippen LogP contribution in [0.2, 0.25) is 0 Å². The molecule has 4 N–H and O–H groups in total. The zero-order valence-electron chi connectivity index (χ0n) is 11.3. The molecular formula is C12H15ClN2O7. The number of nitro groups is 1. The lowest BCUT2D eigenvalue weighted by molar-refractivity contribution is -0.496. The number of carboxylic acids is 2. The lowest BCUT2D eigenvalue weighted by Crippen LogP contribution is -2.32. The molecule has 0 spiro atoms. The van der Waals surface area contributed by atoms with E-state index in [0.717, 1.165) is 0 Å². The van der Waals surface area contributed by atoms with Crippen LogP contribution >= 0.6 is 12.4 Å². The third-order valence-electron chi connectivity index (χ3n) is 2.55. The van der Waals surface area contributed by atoms with Crippen LogP contribution in [0.1, 0.15) is 11.1 Å². The van der Waals surface area contributed by atoms with Gasteiger partial charge in [-0.1, -0.05) is 6.07 Å². The van der Waals surface area contributed by atoms with Crippen LogP contribution < -0.4 is 10.5 Å². The smallest absolute Gasteiger partial charge is 0.341 e. The molecular weight excluding hydrogens is 320 g/mol. The minimum Gasteiger partial charge on any atom is -0.481 e. The van der Waals surface area contributed by atoms with Crippen molar-refractivity contribution in [2.45, 2.75) is 19.0 Å². The molecule has 0 aliphatic heterocycles. The SMILES string of the molecule is Cl.N[C@@H](Cc1ccc(C[N+](=O)[O-])c(OCC(=O)O)c1)C(=O)O. The Kier molecular flexibility index (Phi) is 7.84. The van der Waals surface area contributed by atoms with Gasteiger partial charge < -0.3 is 20.7 Å². The standard InChI is InChI=1S/C12H14N2O7.ClH/c13-9(12(17)18)3-7-1-2-8(5-14(19)20)10(4-7)21-6-11(15)16;/h1-2,4,9H,3,5-6,13H2,(H,15,16)(H,17,18);1H/t9-;/m0./s1. The van der Waals surface area contributed by atoms with E-state index in [1.54, 1.807) is 0 Å². The van der Waals surface area contributed by atoms with Crippen LogP contribution in [-0.4, -0.2) is 39.7 Å². The number of nitrogens with zero attached hydrogens (tertiary/aromatic N) is 1. The van der Waals surface area contributed by atoms with E-state index in [9.17, 15) is 19.7 Å². The second kappa shape index (κ2) is 8.80. The van der Waals surface area contributed by atoms with Gasteiger partial charge in [-0.15, -0.1) is 12.4 Å². The molecule has 1 rings (SSSR count). The fraction of sp³-hybridized carbons (Fsp3) is 0.333. The summed E-state index contributed by atoms with van der Waals surface area (Å²) < 4.78 is 4.99. The number of ether oxygens (including phenoxy) is 1. The molecule has 0 bridgehead atoms. The van der Waals surface area contributed by atoms with Gasteiger partial charge in [0.1, 0.15) is 11.8 Å². The van der Waals surface area contributed by atoms with Gasteiger partial charge in [-0.05, 0) is 24.1 Å². The summed E-state index contributed by atoms with van der Waals surface area (Å²) in [6.45, 7) is -1.18. The fourth-order valence-corrected chi connectivity index (χ4v) is 1.61. The van der Waals surface area contributed by atoms with Gasteiger partial charge in [-0.2, -0.15) is 0 Å². The summed E-state index contributed by atoms with van der Waals surface area (Å²) in [5, 5.41) is 27.9. The Morgan fingerprint density at radius 2 is 2.00 bits per heavy atom. The molecule has 0 fully saturated rings. The number of hydrogen-bond acceptors (Lipinski definition) is 6. The van der Waals surface area contributed by atoms with Crippen molar-refractivity contribution in [3.63, 3.8) is 0 Å². The van der Waals surface area contributed by atoms with Crippen molar-refractivity contribution in [1.82, 2.24) is 0 Å². The van der Waals surface area contributed by atoms with Gasteiger partial charge in [0.25, 0.3) is 0 Å². The minimum absolute atomic E-state index is 0. The molecule has 0 heterocycles. The highest BCUT2D eigenvalue weighted by atomic mass is 35.5. The second-order valence-corrected chi connectivity index (χ2v) is 4.26. The summed E-state index contributed by atoms with van der Waals surface area (Å²) in [7, 11) is 0. The molecule has 0 amide bonds. The molecule has 0 aromatic heterocycles. The van der Waals surface area contributed by atoms with E-state index in [2.05, 4.69) is 0 Å². The highest BCUT2D eigenvalue weighted by Crippen LogP contribution is 2.22. The molecule has 22 heavy (non-hydrogen) atoms.